The van der Waals surface area contributed by atoms with E-state index in [9.17, 15) is 4.79 Å². The molecular formula is C39H34N4O5. The third kappa shape index (κ3) is 7.05. The maximum absolute atomic E-state index is 13.3. The van der Waals surface area contributed by atoms with Crippen molar-refractivity contribution in [2.24, 2.45) is 0 Å². The van der Waals surface area contributed by atoms with Crippen LogP contribution in [-0.4, -0.2) is 39.6 Å². The molecule has 0 spiro atoms. The SMILES string of the molecule is COc1ccc(Oc2c(/C=C/C(=O)/C=C/c3c(C)nn(-c4ccccc4)c3Oc3ccc(OC)cc3)c(C)nn2-c2ccccc2)cc1. The minimum Gasteiger partial charge on any atom is -0.497 e. The van der Waals surface area contributed by atoms with Crippen molar-refractivity contribution >= 4 is 17.9 Å². The number of aryl methyl sites for hydroxylation is 2. The van der Waals surface area contributed by atoms with Crippen LogP contribution in [0.3, 0.4) is 0 Å². The molecule has 2 aromatic heterocycles. The molecule has 2 heterocycles. The second-order valence-corrected chi connectivity index (χ2v) is 10.7. The van der Waals surface area contributed by atoms with Gasteiger partial charge in [0.05, 0.1) is 48.1 Å². The van der Waals surface area contributed by atoms with E-state index in [-0.39, 0.29) is 5.78 Å². The van der Waals surface area contributed by atoms with Crippen LogP contribution in [0.4, 0.5) is 0 Å². The van der Waals surface area contributed by atoms with Gasteiger partial charge in [-0.3, -0.25) is 4.79 Å². The van der Waals surface area contributed by atoms with Crippen LogP contribution in [0.15, 0.2) is 121 Å². The molecule has 0 amide bonds. The summed E-state index contributed by atoms with van der Waals surface area (Å²) < 4.78 is 26.7. The molecular weight excluding hydrogens is 604 g/mol. The van der Waals surface area contributed by atoms with Gasteiger partial charge in [0.25, 0.3) is 0 Å². The molecule has 0 aliphatic carbocycles. The number of methoxy groups -OCH3 is 2. The Morgan fingerprint density at radius 2 is 0.896 bits per heavy atom. The highest BCUT2D eigenvalue weighted by Gasteiger charge is 2.19. The highest BCUT2D eigenvalue weighted by atomic mass is 16.5. The molecule has 0 saturated carbocycles. The first-order valence-corrected chi connectivity index (χ1v) is 15.3. The quantitative estimate of drug-likeness (QED) is 0.124. The van der Waals surface area contributed by atoms with Crippen molar-refractivity contribution in [1.29, 1.82) is 0 Å². The summed E-state index contributed by atoms with van der Waals surface area (Å²) in [7, 11) is 3.23. The van der Waals surface area contributed by atoms with Gasteiger partial charge in [0.1, 0.15) is 23.0 Å². The fourth-order valence-electron chi connectivity index (χ4n) is 5.00. The molecule has 48 heavy (non-hydrogen) atoms. The molecule has 0 fully saturated rings. The molecule has 0 saturated heterocycles. The second kappa shape index (κ2) is 14.4. The van der Waals surface area contributed by atoms with Gasteiger partial charge in [0, 0.05) is 0 Å². The molecule has 6 aromatic rings. The van der Waals surface area contributed by atoms with Gasteiger partial charge in [-0.05, 0) is 111 Å². The van der Waals surface area contributed by atoms with E-state index in [1.807, 2.05) is 123 Å². The number of carbonyl (C=O) groups excluding carboxylic acids is 1. The zero-order valence-electron chi connectivity index (χ0n) is 27.0. The number of nitrogens with zero attached hydrogens (tertiary/aromatic N) is 4. The molecule has 9 nitrogen and oxygen atoms in total. The predicted molar refractivity (Wildman–Crippen MR) is 186 cm³/mol. The van der Waals surface area contributed by atoms with Gasteiger partial charge in [-0.1, -0.05) is 36.4 Å². The Balaban J connectivity index is 1.31. The Labute approximate surface area is 278 Å². The van der Waals surface area contributed by atoms with Gasteiger partial charge >= 0.3 is 0 Å². The topological polar surface area (TPSA) is 89.6 Å². The minimum atomic E-state index is -0.237. The zero-order valence-corrected chi connectivity index (χ0v) is 27.0. The number of para-hydroxylation sites is 2. The summed E-state index contributed by atoms with van der Waals surface area (Å²) >= 11 is 0. The van der Waals surface area contributed by atoms with Gasteiger partial charge in [-0.2, -0.15) is 19.6 Å². The lowest BCUT2D eigenvalue weighted by molar-refractivity contribution is -0.110. The molecule has 0 radical (unpaired) electrons. The maximum Gasteiger partial charge on any atom is 0.230 e. The highest BCUT2D eigenvalue weighted by molar-refractivity contribution is 6.05. The van der Waals surface area contributed by atoms with Crippen LogP contribution < -0.4 is 18.9 Å². The minimum absolute atomic E-state index is 0.237. The average molecular weight is 639 g/mol. The largest absolute Gasteiger partial charge is 0.497 e. The number of ketones is 1. The molecule has 0 bridgehead atoms. The molecule has 9 heteroatoms. The summed E-state index contributed by atoms with van der Waals surface area (Å²) in [6.45, 7) is 3.76. The lowest BCUT2D eigenvalue weighted by Gasteiger charge is -2.11. The molecule has 0 N–H and O–H groups in total. The Morgan fingerprint density at radius 3 is 1.25 bits per heavy atom. The van der Waals surface area contributed by atoms with E-state index >= 15 is 0 Å². The number of ether oxygens (including phenoxy) is 4. The van der Waals surface area contributed by atoms with Gasteiger partial charge < -0.3 is 18.9 Å². The van der Waals surface area contributed by atoms with Crippen molar-refractivity contribution in [2.45, 2.75) is 13.8 Å². The van der Waals surface area contributed by atoms with Crippen molar-refractivity contribution in [3.8, 4) is 46.1 Å². The maximum atomic E-state index is 13.3. The number of benzene rings is 4. The summed E-state index contributed by atoms with van der Waals surface area (Å²) in [5.74, 6) is 3.36. The van der Waals surface area contributed by atoms with Crippen LogP contribution in [0.5, 0.6) is 34.8 Å². The summed E-state index contributed by atoms with van der Waals surface area (Å²) in [4.78, 5) is 13.3. The van der Waals surface area contributed by atoms with E-state index in [0.29, 0.717) is 45.8 Å². The first-order valence-electron chi connectivity index (χ1n) is 15.3. The van der Waals surface area contributed by atoms with Crippen LogP contribution in [0.25, 0.3) is 23.5 Å². The van der Waals surface area contributed by atoms with Crippen molar-refractivity contribution in [1.82, 2.24) is 19.6 Å². The summed E-state index contributed by atoms with van der Waals surface area (Å²) in [5.41, 5.74) is 4.40. The van der Waals surface area contributed by atoms with Gasteiger partial charge in [0.15, 0.2) is 5.78 Å². The monoisotopic (exact) mass is 638 g/mol. The molecule has 240 valence electrons. The number of aromatic nitrogens is 4. The first kappa shape index (κ1) is 31.6. The normalized spacial score (nSPS) is 11.2. The molecule has 6 rings (SSSR count). The Bertz CT molecular complexity index is 1910. The van der Waals surface area contributed by atoms with Crippen LogP contribution in [0, 0.1) is 13.8 Å². The van der Waals surface area contributed by atoms with E-state index in [4.69, 9.17) is 29.1 Å². The van der Waals surface area contributed by atoms with E-state index < -0.39 is 0 Å². The second-order valence-electron chi connectivity index (χ2n) is 10.7. The molecule has 0 unspecified atom stereocenters. The van der Waals surface area contributed by atoms with Crippen LogP contribution in [-0.2, 0) is 4.79 Å². The zero-order chi connectivity index (χ0) is 33.5. The highest BCUT2D eigenvalue weighted by Crippen LogP contribution is 2.34. The molecule has 0 aliphatic heterocycles. The smallest absolute Gasteiger partial charge is 0.230 e. The predicted octanol–water partition coefficient (Wildman–Crippen LogP) is 8.57. The lowest BCUT2D eigenvalue weighted by atomic mass is 10.1. The first-order chi connectivity index (χ1) is 23.4. The van der Waals surface area contributed by atoms with Crippen LogP contribution in [0.2, 0.25) is 0 Å². The Morgan fingerprint density at radius 1 is 0.542 bits per heavy atom. The third-order valence-corrected chi connectivity index (χ3v) is 7.50. The van der Waals surface area contributed by atoms with E-state index in [0.717, 1.165) is 22.9 Å². The standard InChI is InChI=1S/C39H34N4O5/c1-27-36(38(42(40-27)29-11-7-5-8-12-29)47-34-21-17-32(45-3)18-22-34)25-15-31(44)16-26-37-28(2)41-43(30-13-9-6-10-14-30)39(37)48-35-23-19-33(46-4)20-24-35/h5-26H,1-4H3/b25-15+,26-16+. The average Bonchev–Trinajstić information content (AvgIpc) is 3.61. The summed E-state index contributed by atoms with van der Waals surface area (Å²) in [6, 6.07) is 34.0. The van der Waals surface area contributed by atoms with Crippen molar-refractivity contribution in [3.63, 3.8) is 0 Å². The van der Waals surface area contributed by atoms with Crippen LogP contribution in [0.1, 0.15) is 22.5 Å². The van der Waals surface area contributed by atoms with E-state index in [2.05, 4.69) is 0 Å². The van der Waals surface area contributed by atoms with Gasteiger partial charge in [-0.25, -0.2) is 0 Å². The molecule has 0 atom stereocenters. The number of hydrogen-bond acceptors (Lipinski definition) is 7. The van der Waals surface area contributed by atoms with Crippen molar-refractivity contribution in [3.05, 3.63) is 144 Å². The fourth-order valence-corrected chi connectivity index (χ4v) is 5.00. The summed E-state index contributed by atoms with van der Waals surface area (Å²) in [6.07, 6.45) is 6.44. The van der Waals surface area contributed by atoms with Crippen LogP contribution >= 0.6 is 0 Å². The van der Waals surface area contributed by atoms with Crippen molar-refractivity contribution in [2.75, 3.05) is 14.2 Å². The van der Waals surface area contributed by atoms with E-state index in [1.54, 1.807) is 35.7 Å². The van der Waals surface area contributed by atoms with E-state index in [1.165, 1.54) is 12.2 Å². The van der Waals surface area contributed by atoms with Gasteiger partial charge in [-0.15, -0.1) is 0 Å². The summed E-state index contributed by atoms with van der Waals surface area (Å²) in [5, 5.41) is 9.48. The van der Waals surface area contributed by atoms with Crippen molar-refractivity contribution < 1.29 is 23.7 Å². The lowest BCUT2D eigenvalue weighted by Crippen LogP contribution is -2.00. The Hall–Kier alpha value is -6.35. The van der Waals surface area contributed by atoms with Gasteiger partial charge in [0.2, 0.25) is 11.8 Å². The third-order valence-electron chi connectivity index (χ3n) is 7.50. The number of allylic oxidation sites excluding steroid dienone is 2. The molecule has 0 aliphatic rings. The fraction of sp³-hybridized carbons (Fsp3) is 0.103. The number of carbonyl (C=O) groups is 1. The Kier molecular flexibility index (Phi) is 9.48. The number of rotatable bonds is 12. The number of hydrogen-bond donors (Lipinski definition) is 0. The molecule has 4 aromatic carbocycles.